The molecule has 3 N–H and O–H groups in total. The third kappa shape index (κ3) is 4.21. The fourth-order valence-corrected chi connectivity index (χ4v) is 2.36. The maximum atomic E-state index is 5.65. The van der Waals surface area contributed by atoms with Crippen LogP contribution in [0.5, 0.6) is 5.75 Å². The van der Waals surface area contributed by atoms with E-state index in [1.807, 2.05) is 32.0 Å². The molecule has 0 fully saturated rings. The molecule has 0 unspecified atom stereocenters. The number of nitrogens with one attached hydrogen (secondary N) is 1. The van der Waals surface area contributed by atoms with Crippen LogP contribution in [-0.2, 0) is 0 Å². The third-order valence-electron chi connectivity index (χ3n) is 2.23. The number of rotatable bonds is 5. The molecule has 1 aromatic heterocycles. The van der Waals surface area contributed by atoms with Crippen molar-refractivity contribution >= 4 is 44.4 Å². The van der Waals surface area contributed by atoms with Crippen LogP contribution in [-0.4, -0.2) is 17.3 Å². The van der Waals surface area contributed by atoms with E-state index in [-0.39, 0.29) is 6.10 Å². The van der Waals surface area contributed by atoms with Crippen LogP contribution in [0.4, 0.5) is 10.9 Å². The summed E-state index contributed by atoms with van der Waals surface area (Å²) >= 11 is 4.88. The first-order valence-electron chi connectivity index (χ1n) is 6.01. The average Bonchev–Trinajstić information content (AvgIpc) is 2.78. The van der Waals surface area contributed by atoms with Gasteiger partial charge in [-0.1, -0.05) is 15.9 Å². The monoisotopic (exact) mass is 354 g/mol. The number of nitrogens with zero attached hydrogens (tertiary/aromatic N) is 2. The zero-order valence-corrected chi connectivity index (χ0v) is 13.5. The Morgan fingerprint density at radius 1 is 1.50 bits per heavy atom. The number of halogens is 1. The van der Waals surface area contributed by atoms with Gasteiger partial charge in [0, 0.05) is 15.4 Å². The summed E-state index contributed by atoms with van der Waals surface area (Å²) in [4.78, 5) is 4.06. The van der Waals surface area contributed by atoms with E-state index in [4.69, 9.17) is 10.5 Å². The number of hydrazone groups is 1. The minimum atomic E-state index is 0.136. The largest absolute Gasteiger partial charge is 0.491 e. The van der Waals surface area contributed by atoms with Crippen molar-refractivity contribution in [1.82, 2.24) is 4.98 Å². The van der Waals surface area contributed by atoms with Crippen molar-refractivity contribution in [2.24, 2.45) is 5.10 Å². The predicted molar refractivity (Wildman–Crippen MR) is 87.6 cm³/mol. The molecule has 106 valence electrons. The molecule has 1 aromatic carbocycles. The van der Waals surface area contributed by atoms with E-state index in [1.165, 1.54) is 11.3 Å². The number of ether oxygens (including phenoxy) is 1. The molecule has 2 rings (SSSR count). The van der Waals surface area contributed by atoms with Crippen LogP contribution in [0, 0.1) is 0 Å². The molecule has 0 saturated heterocycles. The number of nitrogens with two attached hydrogens (primary N) is 1. The van der Waals surface area contributed by atoms with E-state index >= 15 is 0 Å². The van der Waals surface area contributed by atoms with Crippen LogP contribution in [0.25, 0.3) is 0 Å². The van der Waals surface area contributed by atoms with Gasteiger partial charge in [0.25, 0.3) is 0 Å². The Hall–Kier alpha value is -1.60. The van der Waals surface area contributed by atoms with E-state index in [0.717, 1.165) is 15.8 Å². The Morgan fingerprint density at radius 3 is 2.95 bits per heavy atom. The first kappa shape index (κ1) is 14.8. The number of hydrogen-bond acceptors (Lipinski definition) is 6. The molecule has 0 spiro atoms. The number of benzene rings is 1. The van der Waals surface area contributed by atoms with E-state index in [1.54, 1.807) is 11.6 Å². The summed E-state index contributed by atoms with van der Waals surface area (Å²) in [5, 5.41) is 6.55. The molecule has 0 aliphatic heterocycles. The number of aromatic nitrogens is 1. The van der Waals surface area contributed by atoms with Gasteiger partial charge in [-0.25, -0.2) is 4.98 Å². The molecular formula is C13H15BrN4OS. The van der Waals surface area contributed by atoms with Crippen molar-refractivity contribution in [3.8, 4) is 5.75 Å². The molecule has 0 amide bonds. The van der Waals surface area contributed by atoms with E-state index in [2.05, 4.69) is 31.4 Å². The summed E-state index contributed by atoms with van der Waals surface area (Å²) in [5.41, 5.74) is 9.29. The molecule has 0 aliphatic carbocycles. The molecule has 0 radical (unpaired) electrons. The fourth-order valence-electron chi connectivity index (χ4n) is 1.46. The van der Waals surface area contributed by atoms with Gasteiger partial charge >= 0.3 is 0 Å². The minimum Gasteiger partial charge on any atom is -0.491 e. The highest BCUT2D eigenvalue weighted by molar-refractivity contribution is 9.10. The standard InChI is InChI=1S/C13H15BrN4OS/c1-8(2)19-10-3-4-11(14)9(5-10)6-16-18-13-17-12(15)7-20-13/h3-8H,15H2,1-2H3,(H,17,18). The van der Waals surface area contributed by atoms with Crippen LogP contribution in [0.15, 0.2) is 33.2 Å². The second-order valence-corrected chi connectivity index (χ2v) is 6.01. The number of hydrogen-bond donors (Lipinski definition) is 2. The Bertz CT molecular complexity index is 612. The highest BCUT2D eigenvalue weighted by Gasteiger charge is 2.02. The molecule has 0 aliphatic rings. The van der Waals surface area contributed by atoms with Crippen LogP contribution < -0.4 is 15.9 Å². The summed E-state index contributed by atoms with van der Waals surface area (Å²) in [6.07, 6.45) is 1.84. The van der Waals surface area contributed by atoms with Crippen LogP contribution in [0.2, 0.25) is 0 Å². The molecule has 7 heteroatoms. The highest BCUT2D eigenvalue weighted by atomic mass is 79.9. The maximum Gasteiger partial charge on any atom is 0.205 e. The molecule has 0 bridgehead atoms. The van der Waals surface area contributed by atoms with Gasteiger partial charge in [-0.2, -0.15) is 5.10 Å². The van der Waals surface area contributed by atoms with Crippen molar-refractivity contribution in [2.45, 2.75) is 20.0 Å². The lowest BCUT2D eigenvalue weighted by Crippen LogP contribution is -2.05. The third-order valence-corrected chi connectivity index (χ3v) is 3.71. The van der Waals surface area contributed by atoms with E-state index in [9.17, 15) is 0 Å². The molecule has 5 nitrogen and oxygen atoms in total. The lowest BCUT2D eigenvalue weighted by molar-refractivity contribution is 0.242. The number of anilines is 2. The van der Waals surface area contributed by atoms with E-state index < -0.39 is 0 Å². The van der Waals surface area contributed by atoms with Crippen molar-refractivity contribution in [3.63, 3.8) is 0 Å². The summed E-state index contributed by atoms with van der Waals surface area (Å²) < 4.78 is 6.59. The first-order chi connectivity index (χ1) is 9.54. The molecule has 0 atom stereocenters. The fraction of sp³-hybridized carbons (Fsp3) is 0.231. The second-order valence-electron chi connectivity index (χ2n) is 4.30. The van der Waals surface area contributed by atoms with Gasteiger partial charge in [-0.15, -0.1) is 11.3 Å². The van der Waals surface area contributed by atoms with Gasteiger partial charge in [0.2, 0.25) is 5.13 Å². The van der Waals surface area contributed by atoms with Gasteiger partial charge in [0.1, 0.15) is 11.6 Å². The molecule has 2 aromatic rings. The summed E-state index contributed by atoms with van der Waals surface area (Å²) in [5.74, 6) is 1.30. The lowest BCUT2D eigenvalue weighted by atomic mass is 10.2. The summed E-state index contributed by atoms with van der Waals surface area (Å²) in [6.45, 7) is 3.98. The van der Waals surface area contributed by atoms with Gasteiger partial charge in [0.05, 0.1) is 12.3 Å². The van der Waals surface area contributed by atoms with Crippen molar-refractivity contribution in [2.75, 3.05) is 11.2 Å². The molecular weight excluding hydrogens is 340 g/mol. The molecule has 1 heterocycles. The van der Waals surface area contributed by atoms with Crippen molar-refractivity contribution in [1.29, 1.82) is 0 Å². The number of thiazole rings is 1. The predicted octanol–water partition coefficient (Wildman–Crippen LogP) is 3.72. The first-order valence-corrected chi connectivity index (χ1v) is 7.68. The zero-order valence-electron chi connectivity index (χ0n) is 11.1. The highest BCUT2D eigenvalue weighted by Crippen LogP contribution is 2.22. The van der Waals surface area contributed by atoms with Crippen LogP contribution >= 0.6 is 27.3 Å². The van der Waals surface area contributed by atoms with Gasteiger partial charge in [-0.05, 0) is 32.0 Å². The molecule has 0 saturated carbocycles. The minimum absolute atomic E-state index is 0.136. The quantitative estimate of drug-likeness (QED) is 0.633. The summed E-state index contributed by atoms with van der Waals surface area (Å²) in [7, 11) is 0. The maximum absolute atomic E-state index is 5.65. The smallest absolute Gasteiger partial charge is 0.205 e. The van der Waals surface area contributed by atoms with Crippen molar-refractivity contribution in [3.05, 3.63) is 33.6 Å². The Balaban J connectivity index is 2.07. The Morgan fingerprint density at radius 2 is 2.30 bits per heavy atom. The topological polar surface area (TPSA) is 72.5 Å². The Labute approximate surface area is 130 Å². The summed E-state index contributed by atoms with van der Waals surface area (Å²) in [6, 6.07) is 5.77. The molecule has 20 heavy (non-hydrogen) atoms. The van der Waals surface area contributed by atoms with Gasteiger partial charge in [0.15, 0.2) is 0 Å². The average molecular weight is 355 g/mol. The van der Waals surface area contributed by atoms with Crippen molar-refractivity contribution < 1.29 is 4.74 Å². The normalized spacial score (nSPS) is 11.2. The van der Waals surface area contributed by atoms with Crippen LogP contribution in [0.3, 0.4) is 0 Å². The zero-order chi connectivity index (χ0) is 14.5. The van der Waals surface area contributed by atoms with Gasteiger partial charge in [-0.3, -0.25) is 5.43 Å². The Kier molecular flexibility index (Phi) is 4.97. The lowest BCUT2D eigenvalue weighted by Gasteiger charge is -2.10. The van der Waals surface area contributed by atoms with Crippen LogP contribution in [0.1, 0.15) is 19.4 Å². The van der Waals surface area contributed by atoms with E-state index in [0.29, 0.717) is 10.9 Å². The number of nitrogen functional groups attached to an aromatic ring is 1. The second kappa shape index (κ2) is 6.71. The van der Waals surface area contributed by atoms with Gasteiger partial charge < -0.3 is 10.5 Å². The SMILES string of the molecule is CC(C)Oc1ccc(Br)c(C=NNc2nc(N)cs2)c1.